The van der Waals surface area contributed by atoms with Crippen LogP contribution in [0.3, 0.4) is 0 Å². The number of hydrogen-bond acceptors (Lipinski definition) is 6. The van der Waals surface area contributed by atoms with Crippen molar-refractivity contribution in [2.75, 3.05) is 26.2 Å². The molecule has 2 fully saturated rings. The number of likely N-dealkylation sites (tertiary alicyclic amines) is 1. The summed E-state index contributed by atoms with van der Waals surface area (Å²) in [5, 5.41) is 23.9. The number of nitrogens with one attached hydrogen (secondary N) is 1. The molecule has 1 saturated heterocycles. The SMILES string of the molecule is CCCCOC(=O)[C@@H](NCCC1CCN(C(=O)c2cc(C(C)C)c(O)cc2O)CC1)C1CCCCC1. The van der Waals surface area contributed by atoms with Crippen LogP contribution in [0.5, 0.6) is 11.5 Å². The van der Waals surface area contributed by atoms with Crippen molar-refractivity contribution in [1.82, 2.24) is 10.2 Å². The minimum absolute atomic E-state index is 0.0195. The summed E-state index contributed by atoms with van der Waals surface area (Å²) in [5.74, 6) is 0.476. The molecule has 0 bridgehead atoms. The molecule has 7 heteroatoms. The average molecular weight is 503 g/mol. The fourth-order valence-electron chi connectivity index (χ4n) is 5.58. The molecule has 3 N–H and O–H groups in total. The number of carbonyl (C=O) groups is 2. The quantitative estimate of drug-likeness (QED) is 0.279. The van der Waals surface area contributed by atoms with E-state index in [1.165, 1.54) is 25.3 Å². The number of piperidine rings is 1. The minimum Gasteiger partial charge on any atom is -0.508 e. The molecular formula is C29H46N2O5. The van der Waals surface area contributed by atoms with Gasteiger partial charge in [0.15, 0.2) is 0 Å². The van der Waals surface area contributed by atoms with Gasteiger partial charge in [-0.2, -0.15) is 0 Å². The highest BCUT2D eigenvalue weighted by molar-refractivity contribution is 5.97. The highest BCUT2D eigenvalue weighted by Gasteiger charge is 2.31. The van der Waals surface area contributed by atoms with Crippen LogP contribution in [0.25, 0.3) is 0 Å². The smallest absolute Gasteiger partial charge is 0.323 e. The summed E-state index contributed by atoms with van der Waals surface area (Å²) in [5.41, 5.74) is 0.923. The van der Waals surface area contributed by atoms with E-state index in [0.29, 0.717) is 37.1 Å². The molecule has 1 aliphatic carbocycles. The summed E-state index contributed by atoms with van der Waals surface area (Å²) in [6.45, 7) is 8.56. The van der Waals surface area contributed by atoms with Gasteiger partial charge in [0.05, 0.1) is 12.2 Å². The van der Waals surface area contributed by atoms with Crippen molar-refractivity contribution in [3.63, 3.8) is 0 Å². The molecule has 7 nitrogen and oxygen atoms in total. The number of nitrogens with zero attached hydrogens (tertiary/aromatic N) is 1. The zero-order valence-electron chi connectivity index (χ0n) is 22.4. The number of benzene rings is 1. The normalized spacial score (nSPS) is 18.4. The minimum atomic E-state index is -0.212. The maximum atomic E-state index is 13.1. The number of aromatic hydroxyl groups is 2. The van der Waals surface area contributed by atoms with Crippen LogP contribution in [0.2, 0.25) is 0 Å². The summed E-state index contributed by atoms with van der Waals surface area (Å²) in [6, 6.07) is 2.69. The maximum absolute atomic E-state index is 13.1. The van der Waals surface area contributed by atoms with Crippen molar-refractivity contribution in [2.24, 2.45) is 11.8 Å². The Labute approximate surface area is 216 Å². The topological polar surface area (TPSA) is 99.1 Å². The molecule has 202 valence electrons. The Bertz CT molecular complexity index is 857. The van der Waals surface area contributed by atoms with Crippen LogP contribution in [0.1, 0.15) is 107 Å². The van der Waals surface area contributed by atoms with Gasteiger partial charge in [0.2, 0.25) is 0 Å². The molecule has 3 rings (SSSR count). The van der Waals surface area contributed by atoms with Gasteiger partial charge in [0.1, 0.15) is 17.5 Å². The molecule has 0 aromatic heterocycles. The van der Waals surface area contributed by atoms with Crippen molar-refractivity contribution < 1.29 is 24.5 Å². The van der Waals surface area contributed by atoms with Crippen molar-refractivity contribution in [3.05, 3.63) is 23.3 Å². The molecule has 1 aromatic carbocycles. The number of phenols is 2. The number of ether oxygens (including phenoxy) is 1. The molecular weight excluding hydrogens is 456 g/mol. The van der Waals surface area contributed by atoms with Crippen molar-refractivity contribution in [2.45, 2.75) is 96.9 Å². The molecule has 1 aromatic rings. The number of unbranched alkanes of at least 4 members (excludes halogenated alkanes) is 1. The van der Waals surface area contributed by atoms with Crippen molar-refractivity contribution in [1.29, 1.82) is 0 Å². The number of amides is 1. The molecule has 0 spiro atoms. The summed E-state index contributed by atoms with van der Waals surface area (Å²) in [4.78, 5) is 27.7. The monoisotopic (exact) mass is 502 g/mol. The Hall–Kier alpha value is -2.28. The second kappa shape index (κ2) is 13.9. The van der Waals surface area contributed by atoms with E-state index in [2.05, 4.69) is 12.2 Å². The van der Waals surface area contributed by atoms with E-state index in [9.17, 15) is 19.8 Å². The molecule has 36 heavy (non-hydrogen) atoms. The lowest BCUT2D eigenvalue weighted by Gasteiger charge is -2.33. The van der Waals surface area contributed by atoms with E-state index in [1.807, 2.05) is 13.8 Å². The Balaban J connectivity index is 1.49. The third kappa shape index (κ3) is 7.61. The molecule has 1 heterocycles. The summed E-state index contributed by atoms with van der Waals surface area (Å²) >= 11 is 0. The van der Waals surface area contributed by atoms with E-state index in [4.69, 9.17) is 4.74 Å². The lowest BCUT2D eigenvalue weighted by molar-refractivity contribution is -0.148. The highest BCUT2D eigenvalue weighted by atomic mass is 16.5. The first-order valence-electron chi connectivity index (χ1n) is 14.1. The van der Waals surface area contributed by atoms with E-state index < -0.39 is 0 Å². The fraction of sp³-hybridized carbons (Fsp3) is 0.724. The van der Waals surface area contributed by atoms with Gasteiger partial charge in [-0.1, -0.05) is 46.5 Å². The largest absolute Gasteiger partial charge is 0.508 e. The van der Waals surface area contributed by atoms with E-state index in [1.54, 1.807) is 11.0 Å². The Morgan fingerprint density at radius 3 is 2.39 bits per heavy atom. The number of carbonyl (C=O) groups excluding carboxylic acids is 2. The van der Waals surface area contributed by atoms with E-state index >= 15 is 0 Å². The molecule has 1 atom stereocenters. The first-order valence-corrected chi connectivity index (χ1v) is 14.1. The van der Waals surface area contributed by atoms with Crippen LogP contribution in [0.4, 0.5) is 0 Å². The summed E-state index contributed by atoms with van der Waals surface area (Å²) < 4.78 is 5.58. The van der Waals surface area contributed by atoms with Crippen molar-refractivity contribution >= 4 is 11.9 Å². The van der Waals surface area contributed by atoms with Gasteiger partial charge < -0.3 is 25.2 Å². The third-order valence-electron chi connectivity index (χ3n) is 7.93. The lowest BCUT2D eigenvalue weighted by atomic mass is 9.83. The molecule has 1 amide bonds. The zero-order valence-corrected chi connectivity index (χ0v) is 22.4. The second-order valence-electron chi connectivity index (χ2n) is 11.0. The first kappa shape index (κ1) is 28.3. The Morgan fingerprint density at radius 1 is 1.06 bits per heavy atom. The van der Waals surface area contributed by atoms with Gasteiger partial charge in [-0.15, -0.1) is 0 Å². The van der Waals surface area contributed by atoms with Crippen LogP contribution in [-0.2, 0) is 9.53 Å². The van der Waals surface area contributed by atoms with Crippen LogP contribution in [-0.4, -0.2) is 59.3 Å². The van der Waals surface area contributed by atoms with Gasteiger partial charge in [-0.25, -0.2) is 0 Å². The molecule has 1 saturated carbocycles. The second-order valence-corrected chi connectivity index (χ2v) is 11.0. The molecule has 0 unspecified atom stereocenters. The maximum Gasteiger partial charge on any atom is 0.323 e. The van der Waals surface area contributed by atoms with Crippen LogP contribution < -0.4 is 5.32 Å². The summed E-state index contributed by atoms with van der Waals surface area (Å²) in [6.07, 6.45) is 10.5. The molecule has 0 radical (unpaired) electrons. The van der Waals surface area contributed by atoms with Gasteiger partial charge in [0.25, 0.3) is 5.91 Å². The van der Waals surface area contributed by atoms with E-state index in [0.717, 1.165) is 51.5 Å². The van der Waals surface area contributed by atoms with Crippen LogP contribution in [0.15, 0.2) is 12.1 Å². The standard InChI is InChI=1S/C29H46N2O5/c1-4-5-17-36-29(35)27(22-9-7-6-8-10-22)30-14-11-21-12-15-31(16-13-21)28(34)24-18-23(20(2)3)25(32)19-26(24)33/h18-22,27,30,32-33H,4-17H2,1-3H3/t27-/m0/s1. The Kier molecular flexibility index (Phi) is 10.9. The van der Waals surface area contributed by atoms with Gasteiger partial charge in [-0.3, -0.25) is 9.59 Å². The Morgan fingerprint density at radius 2 is 1.75 bits per heavy atom. The van der Waals surface area contributed by atoms with Crippen LogP contribution >= 0.6 is 0 Å². The fourth-order valence-corrected chi connectivity index (χ4v) is 5.58. The average Bonchev–Trinajstić information content (AvgIpc) is 2.87. The number of phenolic OH excluding ortho intramolecular Hbond substituents is 2. The molecule has 1 aliphatic heterocycles. The molecule has 2 aliphatic rings. The third-order valence-corrected chi connectivity index (χ3v) is 7.93. The van der Waals surface area contributed by atoms with Crippen molar-refractivity contribution in [3.8, 4) is 11.5 Å². The van der Waals surface area contributed by atoms with E-state index in [-0.39, 0.29) is 40.9 Å². The number of hydrogen-bond donors (Lipinski definition) is 3. The van der Waals surface area contributed by atoms with Gasteiger partial charge in [-0.05, 0) is 74.5 Å². The van der Waals surface area contributed by atoms with Crippen LogP contribution in [0, 0.1) is 11.8 Å². The predicted octanol–water partition coefficient (Wildman–Crippen LogP) is 5.35. The summed E-state index contributed by atoms with van der Waals surface area (Å²) in [7, 11) is 0. The number of rotatable bonds is 11. The first-order chi connectivity index (χ1) is 17.3. The van der Waals surface area contributed by atoms with Gasteiger partial charge in [0, 0.05) is 19.2 Å². The lowest BCUT2D eigenvalue weighted by Crippen LogP contribution is -2.46. The highest BCUT2D eigenvalue weighted by Crippen LogP contribution is 2.34. The zero-order chi connectivity index (χ0) is 26.1. The number of esters is 1. The van der Waals surface area contributed by atoms with Gasteiger partial charge >= 0.3 is 5.97 Å². The predicted molar refractivity (Wildman–Crippen MR) is 141 cm³/mol.